The molecule has 67 valence electrons. The van der Waals surface area contributed by atoms with E-state index in [0.717, 1.165) is 0 Å². The monoisotopic (exact) mass is 279 g/mol. The van der Waals surface area contributed by atoms with Gasteiger partial charge in [0.1, 0.15) is 0 Å². The van der Waals surface area contributed by atoms with Gasteiger partial charge in [0.05, 0.1) is 0 Å². The van der Waals surface area contributed by atoms with Gasteiger partial charge in [0.15, 0.2) is 0 Å². The van der Waals surface area contributed by atoms with Crippen molar-refractivity contribution in [1.82, 2.24) is 0 Å². The average Bonchev–Trinajstić information content (AvgIpc) is 2.45. The molecule has 1 heteroatoms. The molecule has 1 radical (unpaired) electrons. The molecule has 0 saturated heterocycles. The van der Waals surface area contributed by atoms with E-state index in [1.807, 2.05) is 0 Å². The van der Waals surface area contributed by atoms with Gasteiger partial charge >= 0.3 is 84.7 Å². The fourth-order valence-electron chi connectivity index (χ4n) is 1.58. The molecule has 0 fully saturated rings. The van der Waals surface area contributed by atoms with Crippen LogP contribution in [0, 0.1) is 6.42 Å². The van der Waals surface area contributed by atoms with E-state index < -0.39 is 18.4 Å². The average molecular weight is 278 g/mol. The molecule has 0 unspecified atom stereocenters. The van der Waals surface area contributed by atoms with Gasteiger partial charge in [0.25, 0.3) is 0 Å². The van der Waals surface area contributed by atoms with E-state index >= 15 is 0 Å². The Morgan fingerprint density at radius 3 is 2.08 bits per heavy atom. The molecule has 13 heavy (non-hydrogen) atoms. The van der Waals surface area contributed by atoms with Gasteiger partial charge in [-0.25, -0.2) is 0 Å². The minimum absolute atomic E-state index is 1.41. The second kappa shape index (κ2) is 3.16. The van der Waals surface area contributed by atoms with Crippen molar-refractivity contribution in [3.05, 3.63) is 45.4 Å². The van der Waals surface area contributed by atoms with E-state index in [9.17, 15) is 0 Å². The molecule has 0 amide bonds. The molecule has 0 aliphatic heterocycles. The van der Waals surface area contributed by atoms with Crippen molar-refractivity contribution in [2.45, 2.75) is 14.8 Å². The van der Waals surface area contributed by atoms with Gasteiger partial charge < -0.3 is 0 Å². The number of hydrogen-bond donors (Lipinski definition) is 0. The van der Waals surface area contributed by atoms with Crippen LogP contribution in [0.25, 0.3) is 6.08 Å². The Hall–Kier alpha value is -0.241. The van der Waals surface area contributed by atoms with Crippen LogP contribution < -0.4 is 0 Å². The second-order valence-corrected chi connectivity index (χ2v) is 19.1. The Balaban J connectivity index is 2.37. The van der Waals surface area contributed by atoms with Crippen molar-refractivity contribution in [2.75, 3.05) is 0 Å². The van der Waals surface area contributed by atoms with E-state index in [1.54, 1.807) is 3.59 Å². The zero-order valence-corrected chi connectivity index (χ0v) is 11.3. The third-order valence-electron chi connectivity index (χ3n) is 2.48. The minimum atomic E-state index is -1.82. The fourth-order valence-corrected chi connectivity index (χ4v) is 4.94. The summed E-state index contributed by atoms with van der Waals surface area (Å²) in [6.07, 6.45) is 4.76. The molecule has 1 aliphatic carbocycles. The van der Waals surface area contributed by atoms with Crippen molar-refractivity contribution in [2.24, 2.45) is 0 Å². The molecule has 0 spiro atoms. The van der Waals surface area contributed by atoms with Gasteiger partial charge in [0.2, 0.25) is 0 Å². The van der Waals surface area contributed by atoms with Crippen LogP contribution in [-0.2, 0) is 0 Å². The summed E-state index contributed by atoms with van der Waals surface area (Å²) in [4.78, 5) is 7.38. The SMILES string of the molecule is [CH3][Sn]([CH3])([CH3])[C]1=Cc2ccccc2[CH]1. The Kier molecular flexibility index (Phi) is 2.26. The molecule has 0 atom stereocenters. The summed E-state index contributed by atoms with van der Waals surface area (Å²) < 4.78 is 1.63. The maximum absolute atomic E-state index is 2.46. The summed E-state index contributed by atoms with van der Waals surface area (Å²) in [5, 5.41) is 0. The molecule has 0 N–H and O–H groups in total. The van der Waals surface area contributed by atoms with Crippen LogP contribution in [0.1, 0.15) is 11.1 Å². The first-order chi connectivity index (χ1) is 6.07. The standard InChI is InChI=1S/C9H6.3CH3.Sn/c1-2-5-9-7-3-6-8(9)4-1;;;;/h1-2,4-7H;3*1H3;. The van der Waals surface area contributed by atoms with Crippen LogP contribution in [0.4, 0.5) is 0 Å². The van der Waals surface area contributed by atoms with E-state index in [1.165, 1.54) is 11.1 Å². The first-order valence-electron chi connectivity index (χ1n) is 4.73. The molecule has 2 rings (SSSR count). The summed E-state index contributed by atoms with van der Waals surface area (Å²) in [6, 6.07) is 8.64. The number of allylic oxidation sites excluding steroid dienone is 1. The van der Waals surface area contributed by atoms with Crippen molar-refractivity contribution >= 4 is 24.5 Å². The normalized spacial score (nSPS) is 15.5. The van der Waals surface area contributed by atoms with Crippen LogP contribution in [-0.4, -0.2) is 18.4 Å². The quantitative estimate of drug-likeness (QED) is 0.689. The topological polar surface area (TPSA) is 0 Å². The first-order valence-corrected chi connectivity index (χ1v) is 14.7. The predicted molar refractivity (Wildman–Crippen MR) is 61.2 cm³/mol. The van der Waals surface area contributed by atoms with E-state index in [2.05, 4.69) is 51.6 Å². The fraction of sp³-hybridized carbons (Fsp3) is 0.250. The molecular weight excluding hydrogens is 263 g/mol. The van der Waals surface area contributed by atoms with E-state index in [0.29, 0.717) is 0 Å². The van der Waals surface area contributed by atoms with Gasteiger partial charge in [-0.05, 0) is 0 Å². The third-order valence-corrected chi connectivity index (χ3v) is 8.25. The van der Waals surface area contributed by atoms with Crippen LogP contribution >= 0.6 is 0 Å². The zero-order valence-electron chi connectivity index (χ0n) is 8.46. The molecule has 0 bridgehead atoms. The molecule has 1 aliphatic rings. The van der Waals surface area contributed by atoms with Gasteiger partial charge in [-0.3, -0.25) is 0 Å². The Morgan fingerprint density at radius 1 is 0.923 bits per heavy atom. The summed E-state index contributed by atoms with van der Waals surface area (Å²) in [7, 11) is 0. The van der Waals surface area contributed by atoms with Gasteiger partial charge in [-0.15, -0.1) is 0 Å². The maximum atomic E-state index is 2.46. The Bertz CT molecular complexity index is 356. The van der Waals surface area contributed by atoms with Crippen molar-refractivity contribution < 1.29 is 0 Å². The van der Waals surface area contributed by atoms with Gasteiger partial charge in [-0.1, -0.05) is 0 Å². The third kappa shape index (κ3) is 1.83. The predicted octanol–water partition coefficient (Wildman–Crippen LogP) is 3.51. The summed E-state index contributed by atoms with van der Waals surface area (Å²) in [5.41, 5.74) is 2.81. The van der Waals surface area contributed by atoms with E-state index in [-0.39, 0.29) is 0 Å². The molecule has 0 nitrogen and oxygen atoms in total. The zero-order chi connectivity index (χ0) is 9.47. The van der Waals surface area contributed by atoms with Crippen molar-refractivity contribution in [3.63, 3.8) is 0 Å². The van der Waals surface area contributed by atoms with Crippen LogP contribution in [0.15, 0.2) is 27.9 Å². The van der Waals surface area contributed by atoms with E-state index in [4.69, 9.17) is 0 Å². The molecule has 0 aromatic heterocycles. The van der Waals surface area contributed by atoms with Crippen molar-refractivity contribution in [3.8, 4) is 0 Å². The Morgan fingerprint density at radius 2 is 1.54 bits per heavy atom. The molecule has 0 heterocycles. The molecule has 1 aromatic carbocycles. The summed E-state index contributed by atoms with van der Waals surface area (Å²) >= 11 is -1.82. The Labute approximate surface area is 84.5 Å². The summed E-state index contributed by atoms with van der Waals surface area (Å²) in [5.74, 6) is 0. The number of fused-ring (bicyclic) bond motifs is 1. The van der Waals surface area contributed by atoms with Crippen LogP contribution in [0.2, 0.25) is 14.8 Å². The number of benzene rings is 1. The first kappa shape index (κ1) is 9.32. The van der Waals surface area contributed by atoms with Crippen LogP contribution in [0.3, 0.4) is 0 Å². The molecule has 0 saturated carbocycles. The summed E-state index contributed by atoms with van der Waals surface area (Å²) in [6.45, 7) is 0. The molecule has 1 aromatic rings. The number of rotatable bonds is 1. The second-order valence-electron chi connectivity index (χ2n) is 4.62. The van der Waals surface area contributed by atoms with Crippen LogP contribution in [0.5, 0.6) is 0 Å². The van der Waals surface area contributed by atoms with Crippen molar-refractivity contribution in [1.29, 1.82) is 0 Å². The van der Waals surface area contributed by atoms with Gasteiger partial charge in [0, 0.05) is 0 Å². The molecular formula is C12H15Sn. The number of hydrogen-bond acceptors (Lipinski definition) is 0. The van der Waals surface area contributed by atoms with Gasteiger partial charge in [-0.2, -0.15) is 0 Å².